The molecule has 1 aromatic carbocycles. The van der Waals surface area contributed by atoms with Gasteiger partial charge in [0.2, 0.25) is 10.0 Å². The van der Waals surface area contributed by atoms with Gasteiger partial charge in [-0.2, -0.15) is 5.10 Å². The molecule has 138 valence electrons. The van der Waals surface area contributed by atoms with Crippen molar-refractivity contribution in [1.82, 2.24) is 18.9 Å². The number of nitrogens with one attached hydrogen (secondary N) is 1. The third kappa shape index (κ3) is 3.40. The molecular formula is C17H19ClN4O3S. The van der Waals surface area contributed by atoms with Gasteiger partial charge in [0.25, 0.3) is 5.56 Å². The van der Waals surface area contributed by atoms with Crippen molar-refractivity contribution < 1.29 is 8.42 Å². The predicted octanol–water partition coefficient (Wildman–Crippen LogP) is 2.21. The van der Waals surface area contributed by atoms with E-state index in [0.29, 0.717) is 29.4 Å². The second-order valence-electron chi connectivity index (χ2n) is 5.74. The monoisotopic (exact) mass is 394 g/mol. The second-order valence-corrected chi connectivity index (χ2v) is 7.91. The molecule has 0 saturated carbocycles. The van der Waals surface area contributed by atoms with Gasteiger partial charge in [0.05, 0.1) is 0 Å². The van der Waals surface area contributed by atoms with Gasteiger partial charge in [-0.3, -0.25) is 9.20 Å². The first-order valence-electron chi connectivity index (χ1n) is 8.22. The summed E-state index contributed by atoms with van der Waals surface area (Å²) < 4.78 is 30.7. The Kier molecular flexibility index (Phi) is 5.17. The smallest absolute Gasteiger partial charge is 0.291 e. The Morgan fingerprint density at radius 3 is 2.62 bits per heavy atom. The standard InChI is InChI=1S/C17H19ClN4O3S/c1-3-16-20-22(4-2)17(23)15-9-13(11-21(15)16)26(24,25)19-10-12-7-5-6-8-14(12)18/h5-9,11,19H,3-4,10H2,1-2H3. The first kappa shape index (κ1) is 18.6. The molecule has 0 atom stereocenters. The predicted molar refractivity (Wildman–Crippen MR) is 100.0 cm³/mol. The molecule has 0 radical (unpaired) electrons. The zero-order chi connectivity index (χ0) is 18.9. The maximum absolute atomic E-state index is 12.7. The van der Waals surface area contributed by atoms with E-state index >= 15 is 0 Å². The summed E-state index contributed by atoms with van der Waals surface area (Å²) in [6, 6.07) is 8.39. The summed E-state index contributed by atoms with van der Waals surface area (Å²) in [5, 5.41) is 4.76. The third-order valence-electron chi connectivity index (χ3n) is 4.10. The lowest BCUT2D eigenvalue weighted by Crippen LogP contribution is -2.26. The van der Waals surface area contributed by atoms with Crippen molar-refractivity contribution in [3.63, 3.8) is 0 Å². The van der Waals surface area contributed by atoms with Crippen LogP contribution in [0, 0.1) is 0 Å². The molecule has 0 amide bonds. The molecule has 7 nitrogen and oxygen atoms in total. The van der Waals surface area contributed by atoms with Crippen molar-refractivity contribution in [3.8, 4) is 0 Å². The lowest BCUT2D eigenvalue weighted by Gasteiger charge is -2.07. The molecule has 0 aliphatic heterocycles. The van der Waals surface area contributed by atoms with Crippen LogP contribution in [0.4, 0.5) is 0 Å². The van der Waals surface area contributed by atoms with Gasteiger partial charge in [-0.15, -0.1) is 0 Å². The van der Waals surface area contributed by atoms with Crippen LogP contribution in [0.3, 0.4) is 0 Å². The van der Waals surface area contributed by atoms with Crippen LogP contribution in [-0.4, -0.2) is 22.6 Å². The number of nitrogens with zero attached hydrogens (tertiary/aromatic N) is 3. The fraction of sp³-hybridized carbons (Fsp3) is 0.294. The zero-order valence-corrected chi connectivity index (χ0v) is 16.0. The van der Waals surface area contributed by atoms with Gasteiger partial charge in [0.15, 0.2) is 0 Å². The van der Waals surface area contributed by atoms with E-state index in [2.05, 4.69) is 9.82 Å². The zero-order valence-electron chi connectivity index (χ0n) is 14.4. The van der Waals surface area contributed by atoms with Crippen molar-refractivity contribution in [1.29, 1.82) is 0 Å². The Morgan fingerprint density at radius 2 is 1.96 bits per heavy atom. The third-order valence-corrected chi connectivity index (χ3v) is 5.84. The molecule has 0 aliphatic rings. The van der Waals surface area contributed by atoms with Crippen LogP contribution in [-0.2, 0) is 29.5 Å². The lowest BCUT2D eigenvalue weighted by molar-refractivity contribution is 0.579. The summed E-state index contributed by atoms with van der Waals surface area (Å²) in [5.74, 6) is 0.619. The van der Waals surface area contributed by atoms with E-state index < -0.39 is 10.0 Å². The number of sulfonamides is 1. The SMILES string of the molecule is CCc1nn(CC)c(=O)c2cc(S(=O)(=O)NCc3ccccc3Cl)cn12. The molecule has 9 heteroatoms. The number of hydrogen-bond acceptors (Lipinski definition) is 4. The minimum Gasteiger partial charge on any atom is -0.297 e. The number of aryl methyl sites for hydroxylation is 2. The molecule has 0 saturated heterocycles. The van der Waals surface area contributed by atoms with E-state index in [1.807, 2.05) is 13.8 Å². The molecule has 0 unspecified atom stereocenters. The summed E-state index contributed by atoms with van der Waals surface area (Å²) in [5.41, 5.74) is 0.639. The molecule has 3 rings (SSSR count). The number of fused-ring (bicyclic) bond motifs is 1. The first-order chi connectivity index (χ1) is 12.4. The molecule has 0 fully saturated rings. The van der Waals surface area contributed by atoms with Crippen LogP contribution in [0.15, 0.2) is 46.2 Å². The average Bonchev–Trinajstić information content (AvgIpc) is 3.08. The van der Waals surface area contributed by atoms with E-state index in [4.69, 9.17) is 11.6 Å². The fourth-order valence-corrected chi connectivity index (χ4v) is 3.91. The Labute approximate surface area is 156 Å². The van der Waals surface area contributed by atoms with Gasteiger partial charge in [0, 0.05) is 30.7 Å². The van der Waals surface area contributed by atoms with Gasteiger partial charge < -0.3 is 0 Å². The summed E-state index contributed by atoms with van der Waals surface area (Å²) in [4.78, 5) is 12.5. The Bertz CT molecular complexity index is 1120. The molecule has 1 N–H and O–H groups in total. The highest BCUT2D eigenvalue weighted by Gasteiger charge is 2.20. The van der Waals surface area contributed by atoms with E-state index in [1.165, 1.54) is 16.9 Å². The number of halogens is 1. The van der Waals surface area contributed by atoms with Crippen molar-refractivity contribution >= 4 is 27.1 Å². The van der Waals surface area contributed by atoms with Crippen molar-refractivity contribution in [3.05, 3.63) is 63.3 Å². The van der Waals surface area contributed by atoms with Gasteiger partial charge in [-0.05, 0) is 24.6 Å². The molecular weight excluding hydrogens is 376 g/mol. The molecule has 26 heavy (non-hydrogen) atoms. The summed E-state index contributed by atoms with van der Waals surface area (Å²) in [6.45, 7) is 4.19. The highest BCUT2D eigenvalue weighted by Crippen LogP contribution is 2.18. The van der Waals surface area contributed by atoms with Gasteiger partial charge >= 0.3 is 0 Å². The fourth-order valence-electron chi connectivity index (χ4n) is 2.68. The Balaban J connectivity index is 2.00. The molecule has 0 bridgehead atoms. The molecule has 2 aromatic heterocycles. The minimum atomic E-state index is -3.80. The van der Waals surface area contributed by atoms with Crippen molar-refractivity contribution in [2.75, 3.05) is 0 Å². The Hall–Kier alpha value is -2.16. The van der Waals surface area contributed by atoms with Crippen molar-refractivity contribution in [2.24, 2.45) is 0 Å². The van der Waals surface area contributed by atoms with E-state index in [-0.39, 0.29) is 22.5 Å². The van der Waals surface area contributed by atoms with Crippen LogP contribution in [0.1, 0.15) is 25.2 Å². The number of hydrogen-bond donors (Lipinski definition) is 1. The summed E-state index contributed by atoms with van der Waals surface area (Å²) >= 11 is 6.07. The van der Waals surface area contributed by atoms with Crippen LogP contribution in [0.5, 0.6) is 0 Å². The second kappa shape index (κ2) is 7.22. The number of aromatic nitrogens is 3. The van der Waals surface area contributed by atoms with Gasteiger partial charge in [0.1, 0.15) is 16.2 Å². The minimum absolute atomic E-state index is 0.0204. The lowest BCUT2D eigenvalue weighted by atomic mass is 10.2. The van der Waals surface area contributed by atoms with Crippen LogP contribution < -0.4 is 10.3 Å². The van der Waals surface area contributed by atoms with Crippen LogP contribution in [0.2, 0.25) is 5.02 Å². The molecule has 0 spiro atoms. The largest absolute Gasteiger partial charge is 0.297 e. The maximum Gasteiger partial charge on any atom is 0.291 e. The molecule has 3 aromatic rings. The summed E-state index contributed by atoms with van der Waals surface area (Å²) in [7, 11) is -3.80. The van der Waals surface area contributed by atoms with Gasteiger partial charge in [-0.25, -0.2) is 17.8 Å². The number of benzene rings is 1. The maximum atomic E-state index is 12.7. The molecule has 0 aliphatic carbocycles. The Morgan fingerprint density at radius 1 is 1.23 bits per heavy atom. The van der Waals surface area contributed by atoms with Crippen molar-refractivity contribution in [2.45, 2.75) is 38.3 Å². The van der Waals surface area contributed by atoms with Crippen LogP contribution in [0.25, 0.3) is 5.52 Å². The summed E-state index contributed by atoms with van der Waals surface area (Å²) in [6.07, 6.45) is 2.00. The van der Waals surface area contributed by atoms with E-state index in [9.17, 15) is 13.2 Å². The normalized spacial score (nSPS) is 12.0. The highest BCUT2D eigenvalue weighted by molar-refractivity contribution is 7.89. The quantitative estimate of drug-likeness (QED) is 0.694. The van der Waals surface area contributed by atoms with Gasteiger partial charge in [-0.1, -0.05) is 36.7 Å². The first-order valence-corrected chi connectivity index (χ1v) is 10.1. The highest BCUT2D eigenvalue weighted by atomic mass is 35.5. The van der Waals surface area contributed by atoms with Crippen LogP contribution >= 0.6 is 11.6 Å². The molecule has 2 heterocycles. The number of rotatable bonds is 6. The van der Waals surface area contributed by atoms with E-state index in [1.54, 1.807) is 28.7 Å². The topological polar surface area (TPSA) is 85.5 Å². The average molecular weight is 395 g/mol. The van der Waals surface area contributed by atoms with E-state index in [0.717, 1.165) is 0 Å².